The molecule has 0 saturated carbocycles. The quantitative estimate of drug-likeness (QED) is 0.594. The number of nitrogens with one attached hydrogen (secondary N) is 2. The smallest absolute Gasteiger partial charge is 0.258 e. The van der Waals surface area contributed by atoms with E-state index in [0.29, 0.717) is 35.6 Å². The van der Waals surface area contributed by atoms with Gasteiger partial charge in [0, 0.05) is 23.2 Å². The zero-order valence-electron chi connectivity index (χ0n) is 16.9. The zero-order valence-corrected chi connectivity index (χ0v) is 17.6. The Labute approximate surface area is 162 Å². The molecule has 0 aliphatic carbocycles. The van der Waals surface area contributed by atoms with Gasteiger partial charge in [0.15, 0.2) is 18.1 Å². The summed E-state index contributed by atoms with van der Waals surface area (Å²) in [6, 6.07) is 3.60. The third kappa shape index (κ3) is 8.77. The summed E-state index contributed by atoms with van der Waals surface area (Å²) in [7, 11) is 0. The van der Waals surface area contributed by atoms with Crippen LogP contribution in [0.2, 0.25) is 5.02 Å². The van der Waals surface area contributed by atoms with E-state index in [-0.39, 0.29) is 18.1 Å². The van der Waals surface area contributed by atoms with Gasteiger partial charge >= 0.3 is 0 Å². The van der Waals surface area contributed by atoms with Crippen molar-refractivity contribution in [1.82, 2.24) is 10.6 Å². The number of hydrogen-bond acceptors (Lipinski definition) is 4. The number of carbonyl (C=O) groups excluding carboxylic acids is 1. The van der Waals surface area contributed by atoms with Crippen LogP contribution < -0.4 is 20.1 Å². The molecule has 2 N–H and O–H groups in total. The molecule has 148 valence electrons. The molecule has 6 heteroatoms. The Kier molecular flexibility index (Phi) is 9.23. The molecule has 0 saturated heterocycles. The van der Waals surface area contributed by atoms with Crippen LogP contribution in [-0.4, -0.2) is 31.2 Å². The Morgan fingerprint density at radius 3 is 2.42 bits per heavy atom. The molecule has 1 aromatic carbocycles. The first-order valence-corrected chi connectivity index (χ1v) is 9.60. The molecule has 0 atom stereocenters. The number of rotatable bonds is 10. The molecule has 1 amide bonds. The van der Waals surface area contributed by atoms with Crippen LogP contribution in [0, 0.1) is 5.92 Å². The van der Waals surface area contributed by atoms with Gasteiger partial charge in [-0.1, -0.05) is 25.4 Å². The number of halogens is 1. The number of ether oxygens (including phenoxy) is 2. The van der Waals surface area contributed by atoms with Crippen LogP contribution in [-0.2, 0) is 11.3 Å². The van der Waals surface area contributed by atoms with Crippen LogP contribution in [0.1, 0.15) is 53.5 Å². The highest BCUT2D eigenvalue weighted by atomic mass is 35.5. The molecule has 0 aliphatic heterocycles. The normalized spacial score (nSPS) is 11.5. The third-order valence-corrected chi connectivity index (χ3v) is 3.85. The molecule has 0 fully saturated rings. The number of carbonyl (C=O) groups is 1. The van der Waals surface area contributed by atoms with E-state index in [4.69, 9.17) is 21.1 Å². The fourth-order valence-corrected chi connectivity index (χ4v) is 2.53. The minimum atomic E-state index is -0.299. The molecular formula is C20H33ClN2O3. The SMILES string of the molecule is CCOc1cc(CNCCC(C)C)c(Cl)cc1OCC(=O)NC(C)(C)C. The van der Waals surface area contributed by atoms with Crippen molar-refractivity contribution in [2.45, 2.75) is 60.0 Å². The van der Waals surface area contributed by atoms with Crippen molar-refractivity contribution in [2.75, 3.05) is 19.8 Å². The Bertz CT molecular complexity index is 583. The van der Waals surface area contributed by atoms with E-state index in [9.17, 15) is 4.79 Å². The third-order valence-electron chi connectivity index (χ3n) is 3.50. The molecule has 0 aromatic heterocycles. The van der Waals surface area contributed by atoms with Gasteiger partial charge in [-0.25, -0.2) is 0 Å². The topological polar surface area (TPSA) is 59.6 Å². The number of benzene rings is 1. The Morgan fingerprint density at radius 1 is 1.19 bits per heavy atom. The second-order valence-electron chi connectivity index (χ2n) is 7.77. The molecule has 0 bridgehead atoms. The predicted molar refractivity (Wildman–Crippen MR) is 107 cm³/mol. The van der Waals surface area contributed by atoms with Gasteiger partial charge < -0.3 is 20.1 Å². The van der Waals surface area contributed by atoms with Gasteiger partial charge in [-0.2, -0.15) is 0 Å². The summed E-state index contributed by atoms with van der Waals surface area (Å²) in [5.74, 6) is 1.55. The first-order valence-electron chi connectivity index (χ1n) is 9.22. The van der Waals surface area contributed by atoms with E-state index in [1.165, 1.54) is 0 Å². The van der Waals surface area contributed by atoms with Gasteiger partial charge in [0.2, 0.25) is 0 Å². The highest BCUT2D eigenvalue weighted by Crippen LogP contribution is 2.33. The largest absolute Gasteiger partial charge is 0.490 e. The maximum absolute atomic E-state index is 12.0. The standard InChI is InChI=1S/C20H33ClN2O3/c1-7-25-17-10-15(12-22-9-8-14(2)3)16(21)11-18(17)26-13-19(24)23-20(4,5)6/h10-11,14,22H,7-9,12-13H2,1-6H3,(H,23,24). The summed E-state index contributed by atoms with van der Waals surface area (Å²) in [4.78, 5) is 12.0. The molecule has 26 heavy (non-hydrogen) atoms. The van der Waals surface area contributed by atoms with E-state index in [1.807, 2.05) is 33.8 Å². The van der Waals surface area contributed by atoms with Gasteiger partial charge in [0.05, 0.1) is 6.61 Å². The fourth-order valence-electron chi connectivity index (χ4n) is 2.31. The van der Waals surface area contributed by atoms with E-state index < -0.39 is 0 Å². The van der Waals surface area contributed by atoms with Crippen molar-refractivity contribution < 1.29 is 14.3 Å². The summed E-state index contributed by atoms with van der Waals surface area (Å²) in [5, 5.41) is 6.85. The minimum absolute atomic E-state index is 0.0837. The van der Waals surface area contributed by atoms with Crippen molar-refractivity contribution >= 4 is 17.5 Å². The van der Waals surface area contributed by atoms with Crippen molar-refractivity contribution in [3.63, 3.8) is 0 Å². The zero-order chi connectivity index (χ0) is 19.7. The molecule has 0 heterocycles. The molecule has 0 unspecified atom stereocenters. The average Bonchev–Trinajstić information content (AvgIpc) is 2.50. The lowest BCUT2D eigenvalue weighted by atomic mass is 10.1. The van der Waals surface area contributed by atoms with Gasteiger partial charge in [-0.15, -0.1) is 0 Å². The van der Waals surface area contributed by atoms with Crippen molar-refractivity contribution in [2.24, 2.45) is 5.92 Å². The van der Waals surface area contributed by atoms with E-state index in [2.05, 4.69) is 24.5 Å². The molecule has 1 rings (SSSR count). The van der Waals surface area contributed by atoms with Crippen molar-refractivity contribution in [1.29, 1.82) is 0 Å². The van der Waals surface area contributed by atoms with Gasteiger partial charge in [0.25, 0.3) is 5.91 Å². The number of amides is 1. The maximum Gasteiger partial charge on any atom is 0.258 e. The van der Waals surface area contributed by atoms with Crippen molar-refractivity contribution in [3.8, 4) is 11.5 Å². The van der Waals surface area contributed by atoms with E-state index >= 15 is 0 Å². The van der Waals surface area contributed by atoms with Crippen LogP contribution in [0.15, 0.2) is 12.1 Å². The van der Waals surface area contributed by atoms with Crippen LogP contribution in [0.25, 0.3) is 0 Å². The molecule has 0 radical (unpaired) electrons. The van der Waals surface area contributed by atoms with Gasteiger partial charge in [-0.3, -0.25) is 4.79 Å². The van der Waals surface area contributed by atoms with Crippen LogP contribution in [0.4, 0.5) is 0 Å². The maximum atomic E-state index is 12.0. The lowest BCUT2D eigenvalue weighted by Gasteiger charge is -2.21. The second-order valence-corrected chi connectivity index (χ2v) is 8.18. The Hall–Kier alpha value is -1.46. The fraction of sp³-hybridized carbons (Fsp3) is 0.650. The van der Waals surface area contributed by atoms with Gasteiger partial charge in [-0.05, 0) is 58.2 Å². The molecule has 5 nitrogen and oxygen atoms in total. The molecule has 0 spiro atoms. The van der Waals surface area contributed by atoms with Crippen molar-refractivity contribution in [3.05, 3.63) is 22.7 Å². The lowest BCUT2D eigenvalue weighted by Crippen LogP contribution is -2.43. The van der Waals surface area contributed by atoms with Crippen LogP contribution in [0.3, 0.4) is 0 Å². The predicted octanol–water partition coefficient (Wildman–Crippen LogP) is 4.17. The summed E-state index contributed by atoms with van der Waals surface area (Å²) in [6.07, 6.45) is 1.11. The van der Waals surface area contributed by atoms with Gasteiger partial charge in [0.1, 0.15) is 0 Å². The summed E-state index contributed by atoms with van der Waals surface area (Å²) in [5.41, 5.74) is 0.650. The van der Waals surface area contributed by atoms with E-state index in [0.717, 1.165) is 18.5 Å². The highest BCUT2D eigenvalue weighted by Gasteiger charge is 2.16. The molecule has 0 aliphatic rings. The molecule has 1 aromatic rings. The summed E-state index contributed by atoms with van der Waals surface area (Å²) >= 11 is 6.39. The van der Waals surface area contributed by atoms with Crippen LogP contribution in [0.5, 0.6) is 11.5 Å². The van der Waals surface area contributed by atoms with E-state index in [1.54, 1.807) is 6.07 Å². The minimum Gasteiger partial charge on any atom is -0.490 e. The summed E-state index contributed by atoms with van der Waals surface area (Å²) < 4.78 is 11.3. The average molecular weight is 385 g/mol. The Balaban J connectivity index is 2.76. The first-order chi connectivity index (χ1) is 12.1. The number of hydrogen-bond donors (Lipinski definition) is 2. The first kappa shape index (κ1) is 22.6. The highest BCUT2D eigenvalue weighted by molar-refractivity contribution is 6.31. The Morgan fingerprint density at radius 2 is 1.85 bits per heavy atom. The van der Waals surface area contributed by atoms with Crippen LogP contribution >= 0.6 is 11.6 Å². The summed E-state index contributed by atoms with van der Waals surface area (Å²) in [6.45, 7) is 14.1. The molecular weight excluding hydrogens is 352 g/mol. The second kappa shape index (κ2) is 10.6. The lowest BCUT2D eigenvalue weighted by molar-refractivity contribution is -0.124. The monoisotopic (exact) mass is 384 g/mol.